The van der Waals surface area contributed by atoms with Crippen molar-refractivity contribution in [2.24, 2.45) is 0 Å². The van der Waals surface area contributed by atoms with Gasteiger partial charge in [-0.2, -0.15) is 0 Å². The van der Waals surface area contributed by atoms with Crippen LogP contribution in [0.2, 0.25) is 5.02 Å². The van der Waals surface area contributed by atoms with Crippen molar-refractivity contribution in [3.05, 3.63) is 28.8 Å². The molecule has 2 amide bonds. The Morgan fingerprint density at radius 1 is 1.17 bits per heavy atom. The number of carbonyl (C=O) groups is 2. The lowest BCUT2D eigenvalue weighted by Crippen LogP contribution is -2.43. The first kappa shape index (κ1) is 18.4. The molecule has 132 valence electrons. The van der Waals surface area contributed by atoms with Crippen molar-refractivity contribution in [2.45, 2.75) is 26.4 Å². The Labute approximate surface area is 147 Å². The van der Waals surface area contributed by atoms with Gasteiger partial charge >= 0.3 is 6.09 Å². The summed E-state index contributed by atoms with van der Waals surface area (Å²) in [5.41, 5.74) is 0.900. The molecule has 1 aliphatic rings. The summed E-state index contributed by atoms with van der Waals surface area (Å²) in [4.78, 5) is 27.5. The van der Waals surface area contributed by atoms with Crippen LogP contribution in [0.25, 0.3) is 0 Å². The zero-order valence-corrected chi connectivity index (χ0v) is 15.0. The maximum absolute atomic E-state index is 12.6. The van der Waals surface area contributed by atoms with E-state index in [1.54, 1.807) is 28.9 Å². The molecule has 1 fully saturated rings. The van der Waals surface area contributed by atoms with Crippen molar-refractivity contribution in [1.29, 1.82) is 0 Å². The molecule has 1 unspecified atom stereocenters. The van der Waals surface area contributed by atoms with Crippen molar-refractivity contribution < 1.29 is 19.1 Å². The number of nitrogens with zero attached hydrogens (tertiary/aromatic N) is 2. The molecular weight excluding hydrogens is 332 g/mol. The van der Waals surface area contributed by atoms with Gasteiger partial charge in [-0.25, -0.2) is 4.79 Å². The fraction of sp³-hybridized carbons (Fsp3) is 0.529. The van der Waals surface area contributed by atoms with E-state index in [4.69, 9.17) is 21.1 Å². The predicted octanol–water partition coefficient (Wildman–Crippen LogP) is 2.72. The van der Waals surface area contributed by atoms with Crippen LogP contribution in [0, 0.1) is 6.92 Å². The van der Waals surface area contributed by atoms with E-state index in [1.165, 1.54) is 7.11 Å². The first-order valence-corrected chi connectivity index (χ1v) is 8.34. The molecule has 0 aromatic heterocycles. The standard InChI is InChI=1S/C17H23ClN2O4/c1-12-11-14(5-6-15(12)18)24-13(2)16(21)19-7-4-8-20(10-9-19)17(22)23-3/h5-6,11,13H,4,7-10H2,1-3H3. The van der Waals surface area contributed by atoms with Gasteiger partial charge in [0.05, 0.1) is 7.11 Å². The number of ether oxygens (including phenoxy) is 2. The first-order valence-electron chi connectivity index (χ1n) is 7.97. The normalized spacial score (nSPS) is 16.3. The summed E-state index contributed by atoms with van der Waals surface area (Å²) in [6.07, 6.45) is -0.242. The smallest absolute Gasteiger partial charge is 0.409 e. The average molecular weight is 355 g/mol. The maximum Gasteiger partial charge on any atom is 0.409 e. The van der Waals surface area contributed by atoms with Crippen LogP contribution >= 0.6 is 11.6 Å². The van der Waals surface area contributed by atoms with E-state index in [1.807, 2.05) is 13.0 Å². The summed E-state index contributed by atoms with van der Waals surface area (Å²) in [6.45, 7) is 5.74. The minimum atomic E-state index is -0.602. The molecule has 0 radical (unpaired) electrons. The van der Waals surface area contributed by atoms with Crippen molar-refractivity contribution in [3.63, 3.8) is 0 Å². The van der Waals surface area contributed by atoms with Crippen LogP contribution in [0.1, 0.15) is 18.9 Å². The monoisotopic (exact) mass is 354 g/mol. The zero-order valence-electron chi connectivity index (χ0n) is 14.3. The minimum Gasteiger partial charge on any atom is -0.481 e. The van der Waals surface area contributed by atoms with Gasteiger partial charge in [-0.15, -0.1) is 0 Å². The van der Waals surface area contributed by atoms with Gasteiger partial charge in [-0.1, -0.05) is 11.6 Å². The highest BCUT2D eigenvalue weighted by Crippen LogP contribution is 2.22. The highest BCUT2D eigenvalue weighted by Gasteiger charge is 2.26. The number of methoxy groups -OCH3 is 1. The molecule has 24 heavy (non-hydrogen) atoms. The lowest BCUT2D eigenvalue weighted by atomic mass is 10.2. The van der Waals surface area contributed by atoms with E-state index >= 15 is 0 Å². The predicted molar refractivity (Wildman–Crippen MR) is 91.5 cm³/mol. The summed E-state index contributed by atoms with van der Waals surface area (Å²) < 4.78 is 10.5. The highest BCUT2D eigenvalue weighted by atomic mass is 35.5. The Balaban J connectivity index is 1.95. The third kappa shape index (κ3) is 4.54. The van der Waals surface area contributed by atoms with Gasteiger partial charge in [0.15, 0.2) is 6.10 Å². The summed E-state index contributed by atoms with van der Waals surface area (Å²) in [6, 6.07) is 5.32. The van der Waals surface area contributed by atoms with E-state index in [0.717, 1.165) is 5.56 Å². The van der Waals surface area contributed by atoms with Gasteiger partial charge in [0, 0.05) is 31.2 Å². The fourth-order valence-electron chi connectivity index (χ4n) is 2.65. The number of benzene rings is 1. The first-order chi connectivity index (χ1) is 11.4. The largest absolute Gasteiger partial charge is 0.481 e. The minimum absolute atomic E-state index is 0.0886. The van der Waals surface area contributed by atoms with Crippen LogP contribution in [0.5, 0.6) is 5.75 Å². The molecular formula is C17H23ClN2O4. The second-order valence-electron chi connectivity index (χ2n) is 5.81. The number of aryl methyl sites for hydroxylation is 1. The second kappa shape index (κ2) is 8.24. The maximum atomic E-state index is 12.6. The molecule has 1 heterocycles. The van der Waals surface area contributed by atoms with Crippen LogP contribution in [-0.2, 0) is 9.53 Å². The van der Waals surface area contributed by atoms with Crippen LogP contribution < -0.4 is 4.74 Å². The molecule has 1 aliphatic heterocycles. The van der Waals surface area contributed by atoms with Crippen LogP contribution in [0.3, 0.4) is 0 Å². The highest BCUT2D eigenvalue weighted by molar-refractivity contribution is 6.31. The van der Waals surface area contributed by atoms with E-state index in [0.29, 0.717) is 43.4 Å². The zero-order chi connectivity index (χ0) is 17.7. The van der Waals surface area contributed by atoms with Crippen LogP contribution in [0.4, 0.5) is 4.79 Å². The van der Waals surface area contributed by atoms with E-state index in [9.17, 15) is 9.59 Å². The quantitative estimate of drug-likeness (QED) is 0.837. The molecule has 1 aromatic carbocycles. The summed E-state index contributed by atoms with van der Waals surface area (Å²) in [5.74, 6) is 0.526. The summed E-state index contributed by atoms with van der Waals surface area (Å²) in [5, 5.41) is 0.664. The molecule has 0 N–H and O–H groups in total. The molecule has 7 heteroatoms. The lowest BCUT2D eigenvalue weighted by Gasteiger charge is -2.25. The number of amides is 2. The Morgan fingerprint density at radius 2 is 1.83 bits per heavy atom. The van der Waals surface area contributed by atoms with Crippen molar-refractivity contribution in [2.75, 3.05) is 33.3 Å². The van der Waals surface area contributed by atoms with Gasteiger partial charge in [0.1, 0.15) is 5.75 Å². The Kier molecular flexibility index (Phi) is 6.31. The number of halogens is 1. The van der Waals surface area contributed by atoms with Crippen molar-refractivity contribution in [3.8, 4) is 5.75 Å². The number of hydrogen-bond donors (Lipinski definition) is 0. The third-order valence-corrected chi connectivity index (χ3v) is 4.45. The average Bonchev–Trinajstić information content (AvgIpc) is 2.82. The molecule has 1 atom stereocenters. The second-order valence-corrected chi connectivity index (χ2v) is 6.21. The van der Waals surface area contributed by atoms with E-state index < -0.39 is 6.10 Å². The van der Waals surface area contributed by atoms with Crippen LogP contribution in [-0.4, -0.2) is 61.2 Å². The van der Waals surface area contributed by atoms with Gasteiger partial charge in [0.2, 0.25) is 0 Å². The molecule has 0 bridgehead atoms. The lowest BCUT2D eigenvalue weighted by molar-refractivity contribution is -0.137. The van der Waals surface area contributed by atoms with Crippen LogP contribution in [0.15, 0.2) is 18.2 Å². The number of hydrogen-bond acceptors (Lipinski definition) is 4. The van der Waals surface area contributed by atoms with Crippen molar-refractivity contribution >= 4 is 23.6 Å². The molecule has 0 saturated carbocycles. The van der Waals surface area contributed by atoms with Gasteiger partial charge in [-0.3, -0.25) is 4.79 Å². The molecule has 0 aliphatic carbocycles. The Hall–Kier alpha value is -1.95. The molecule has 2 rings (SSSR count). The van der Waals surface area contributed by atoms with Gasteiger partial charge in [0.25, 0.3) is 5.91 Å². The third-order valence-electron chi connectivity index (χ3n) is 4.03. The van der Waals surface area contributed by atoms with E-state index in [2.05, 4.69) is 0 Å². The Bertz CT molecular complexity index is 608. The number of carbonyl (C=O) groups excluding carboxylic acids is 2. The topological polar surface area (TPSA) is 59.1 Å². The SMILES string of the molecule is COC(=O)N1CCCN(C(=O)C(C)Oc2ccc(Cl)c(C)c2)CC1. The van der Waals surface area contributed by atoms with Gasteiger partial charge < -0.3 is 19.3 Å². The molecule has 1 saturated heterocycles. The molecule has 0 spiro atoms. The Morgan fingerprint density at radius 3 is 2.50 bits per heavy atom. The number of rotatable bonds is 3. The molecule has 1 aromatic rings. The summed E-state index contributed by atoms with van der Waals surface area (Å²) in [7, 11) is 1.36. The van der Waals surface area contributed by atoms with E-state index in [-0.39, 0.29) is 12.0 Å². The van der Waals surface area contributed by atoms with Crippen molar-refractivity contribution in [1.82, 2.24) is 9.80 Å². The fourth-order valence-corrected chi connectivity index (χ4v) is 2.77. The van der Waals surface area contributed by atoms with Gasteiger partial charge in [-0.05, 0) is 44.0 Å². The summed E-state index contributed by atoms with van der Waals surface area (Å²) >= 11 is 6.00. The molecule has 6 nitrogen and oxygen atoms in total.